The Morgan fingerprint density at radius 2 is 1.96 bits per heavy atom. The zero-order chi connectivity index (χ0) is 17.6. The maximum Gasteiger partial charge on any atom is 0.259 e. The van der Waals surface area contributed by atoms with Gasteiger partial charge in [0.1, 0.15) is 6.04 Å². The molecule has 0 aliphatic carbocycles. The minimum Gasteiger partial charge on any atom is -0.472 e. The number of hydrogen-bond donors (Lipinski definition) is 0. The van der Waals surface area contributed by atoms with Gasteiger partial charge in [-0.25, -0.2) is 0 Å². The van der Waals surface area contributed by atoms with Crippen LogP contribution >= 0.6 is 0 Å². The molecule has 0 saturated heterocycles. The summed E-state index contributed by atoms with van der Waals surface area (Å²) in [5, 5.41) is 1.93. The highest BCUT2D eigenvalue weighted by Gasteiger charge is 2.36. The summed E-state index contributed by atoms with van der Waals surface area (Å²) in [5.41, 5.74) is 2.38. The summed E-state index contributed by atoms with van der Waals surface area (Å²) in [6.45, 7) is 2.22. The Labute approximate surface area is 145 Å². The molecule has 1 unspecified atom stereocenters. The van der Waals surface area contributed by atoms with E-state index in [1.807, 2.05) is 42.5 Å². The van der Waals surface area contributed by atoms with Crippen LogP contribution in [0.15, 0.2) is 59.4 Å². The van der Waals surface area contributed by atoms with Crippen molar-refractivity contribution in [2.24, 2.45) is 0 Å². The largest absolute Gasteiger partial charge is 0.472 e. The number of likely N-dealkylation sites (N-methyl/N-ethyl adjacent to an activating group) is 1. The Morgan fingerprint density at radius 3 is 2.68 bits per heavy atom. The molecule has 5 nitrogen and oxygen atoms in total. The molecule has 1 aliphatic heterocycles. The van der Waals surface area contributed by atoms with Crippen molar-refractivity contribution < 1.29 is 14.0 Å². The van der Waals surface area contributed by atoms with Crippen molar-refractivity contribution in [2.75, 3.05) is 11.9 Å². The van der Waals surface area contributed by atoms with Crippen LogP contribution < -0.4 is 4.90 Å². The SMILES string of the molecule is CC(C(=O)N(C)Cc1ccoc1)N1C(=O)c2cccc3cccc1c23. The van der Waals surface area contributed by atoms with Gasteiger partial charge in [0.2, 0.25) is 5.91 Å². The molecule has 1 aliphatic rings. The Bertz CT molecular complexity index is 957. The normalized spacial score (nSPS) is 14.2. The first kappa shape index (κ1) is 15.4. The van der Waals surface area contributed by atoms with Gasteiger partial charge in [-0.15, -0.1) is 0 Å². The molecule has 2 aromatic carbocycles. The lowest BCUT2D eigenvalue weighted by Crippen LogP contribution is -2.47. The van der Waals surface area contributed by atoms with E-state index in [2.05, 4.69) is 0 Å². The van der Waals surface area contributed by atoms with Crippen molar-refractivity contribution in [3.05, 3.63) is 66.1 Å². The van der Waals surface area contributed by atoms with Crippen LogP contribution in [0.5, 0.6) is 0 Å². The van der Waals surface area contributed by atoms with Gasteiger partial charge >= 0.3 is 0 Å². The first-order valence-electron chi connectivity index (χ1n) is 8.19. The molecular weight excluding hydrogens is 316 g/mol. The second kappa shape index (κ2) is 5.77. The summed E-state index contributed by atoms with van der Waals surface area (Å²) in [5.74, 6) is -0.233. The first-order chi connectivity index (χ1) is 12.1. The molecule has 0 N–H and O–H groups in total. The molecule has 0 saturated carbocycles. The van der Waals surface area contributed by atoms with E-state index < -0.39 is 6.04 Å². The summed E-state index contributed by atoms with van der Waals surface area (Å²) in [4.78, 5) is 29.0. The van der Waals surface area contributed by atoms with Crippen LogP contribution in [0.4, 0.5) is 5.69 Å². The van der Waals surface area contributed by atoms with Crippen molar-refractivity contribution in [2.45, 2.75) is 19.5 Å². The fourth-order valence-corrected chi connectivity index (χ4v) is 3.49. The molecule has 0 spiro atoms. The molecule has 1 atom stereocenters. The van der Waals surface area contributed by atoms with Gasteiger partial charge in [-0.05, 0) is 30.5 Å². The number of rotatable bonds is 4. The fourth-order valence-electron chi connectivity index (χ4n) is 3.49. The Kier molecular flexibility index (Phi) is 3.57. The van der Waals surface area contributed by atoms with Crippen molar-refractivity contribution in [3.8, 4) is 0 Å². The second-order valence-electron chi connectivity index (χ2n) is 6.36. The number of anilines is 1. The summed E-state index contributed by atoms with van der Waals surface area (Å²) < 4.78 is 5.05. The van der Waals surface area contributed by atoms with Gasteiger partial charge in [-0.1, -0.05) is 24.3 Å². The van der Waals surface area contributed by atoms with Crippen molar-refractivity contribution in [1.82, 2.24) is 4.90 Å². The van der Waals surface area contributed by atoms with E-state index in [0.717, 1.165) is 22.0 Å². The monoisotopic (exact) mass is 334 g/mol. The van der Waals surface area contributed by atoms with Crippen LogP contribution in [0.3, 0.4) is 0 Å². The molecule has 5 heteroatoms. The highest BCUT2D eigenvalue weighted by atomic mass is 16.3. The van der Waals surface area contributed by atoms with Crippen LogP contribution in [0.2, 0.25) is 0 Å². The van der Waals surface area contributed by atoms with Crippen LogP contribution in [-0.2, 0) is 11.3 Å². The molecule has 126 valence electrons. The molecule has 0 fully saturated rings. The standard InChI is InChI=1S/C20H18N2O3/c1-13(19(23)21(2)11-14-9-10-25-12-14)22-17-8-4-6-15-5-3-7-16(18(15)17)20(22)24/h3-10,12-13H,11H2,1-2H3. The minimum absolute atomic E-state index is 0.112. The number of carbonyl (C=O) groups is 2. The maximum absolute atomic E-state index is 12.9. The van der Waals surface area contributed by atoms with Gasteiger partial charge in [-0.2, -0.15) is 0 Å². The van der Waals surface area contributed by atoms with Gasteiger partial charge < -0.3 is 9.32 Å². The third-order valence-electron chi connectivity index (χ3n) is 4.71. The van der Waals surface area contributed by atoms with Crippen LogP contribution in [-0.4, -0.2) is 29.8 Å². The van der Waals surface area contributed by atoms with Crippen LogP contribution in [0.25, 0.3) is 10.8 Å². The Morgan fingerprint density at radius 1 is 1.20 bits per heavy atom. The second-order valence-corrected chi connectivity index (χ2v) is 6.36. The smallest absolute Gasteiger partial charge is 0.259 e. The van der Waals surface area contributed by atoms with Gasteiger partial charge in [-0.3, -0.25) is 14.5 Å². The quantitative estimate of drug-likeness (QED) is 0.734. The fraction of sp³-hybridized carbons (Fsp3) is 0.200. The Hall–Kier alpha value is -3.08. The van der Waals surface area contributed by atoms with Crippen molar-refractivity contribution in [3.63, 3.8) is 0 Å². The predicted octanol–water partition coefficient (Wildman–Crippen LogP) is 3.44. The van der Waals surface area contributed by atoms with Gasteiger partial charge in [0.05, 0.1) is 18.2 Å². The number of furan rings is 1. The van der Waals surface area contributed by atoms with Crippen LogP contribution in [0, 0.1) is 0 Å². The zero-order valence-electron chi connectivity index (χ0n) is 14.1. The van der Waals surface area contributed by atoms with Crippen LogP contribution in [0.1, 0.15) is 22.8 Å². The zero-order valence-corrected chi connectivity index (χ0v) is 14.1. The predicted molar refractivity (Wildman–Crippen MR) is 95.4 cm³/mol. The summed E-state index contributed by atoms with van der Waals surface area (Å²) in [6, 6.07) is 12.7. The van der Waals surface area contributed by atoms with E-state index in [4.69, 9.17) is 4.42 Å². The maximum atomic E-state index is 12.9. The summed E-state index contributed by atoms with van der Waals surface area (Å²) in [6.07, 6.45) is 3.20. The van der Waals surface area contributed by atoms with Gasteiger partial charge in [0.15, 0.2) is 0 Å². The topological polar surface area (TPSA) is 53.8 Å². The minimum atomic E-state index is -0.581. The molecule has 0 bridgehead atoms. The lowest BCUT2D eigenvalue weighted by atomic mass is 10.1. The molecule has 1 aromatic heterocycles. The molecule has 2 heterocycles. The van der Waals surface area contributed by atoms with E-state index in [-0.39, 0.29) is 11.8 Å². The van der Waals surface area contributed by atoms with Gasteiger partial charge in [0, 0.05) is 30.1 Å². The average molecular weight is 334 g/mol. The third-order valence-corrected chi connectivity index (χ3v) is 4.71. The number of carbonyl (C=O) groups excluding carboxylic acids is 2. The molecule has 0 radical (unpaired) electrons. The lowest BCUT2D eigenvalue weighted by Gasteiger charge is -2.28. The van der Waals surface area contributed by atoms with E-state index >= 15 is 0 Å². The molecular formula is C20H18N2O3. The van der Waals surface area contributed by atoms with E-state index in [1.165, 1.54) is 0 Å². The number of benzene rings is 2. The highest BCUT2D eigenvalue weighted by molar-refractivity contribution is 6.26. The molecule has 25 heavy (non-hydrogen) atoms. The molecule has 2 amide bonds. The summed E-state index contributed by atoms with van der Waals surface area (Å²) in [7, 11) is 1.74. The number of hydrogen-bond acceptors (Lipinski definition) is 3. The first-order valence-corrected chi connectivity index (χ1v) is 8.19. The summed E-state index contributed by atoms with van der Waals surface area (Å²) >= 11 is 0. The van der Waals surface area contributed by atoms with Crippen molar-refractivity contribution in [1.29, 1.82) is 0 Å². The average Bonchev–Trinajstić information content (AvgIpc) is 3.22. The van der Waals surface area contributed by atoms with E-state index in [0.29, 0.717) is 12.1 Å². The van der Waals surface area contributed by atoms with Crippen molar-refractivity contribution >= 4 is 28.3 Å². The third kappa shape index (κ3) is 2.39. The highest BCUT2D eigenvalue weighted by Crippen LogP contribution is 2.38. The van der Waals surface area contributed by atoms with Gasteiger partial charge in [0.25, 0.3) is 5.91 Å². The lowest BCUT2D eigenvalue weighted by molar-refractivity contribution is -0.131. The molecule has 4 rings (SSSR count). The van der Waals surface area contributed by atoms with E-state index in [1.54, 1.807) is 36.3 Å². The van der Waals surface area contributed by atoms with E-state index in [9.17, 15) is 9.59 Å². The molecule has 3 aromatic rings. The number of amides is 2. The number of nitrogens with zero attached hydrogens (tertiary/aromatic N) is 2. The Balaban J connectivity index is 1.65.